The van der Waals surface area contributed by atoms with Crippen LogP contribution in [0.3, 0.4) is 0 Å². The van der Waals surface area contributed by atoms with Crippen molar-refractivity contribution in [3.8, 4) is 0 Å². The van der Waals surface area contributed by atoms with Gasteiger partial charge >= 0.3 is 0 Å². The van der Waals surface area contributed by atoms with Gasteiger partial charge in [0.25, 0.3) is 0 Å². The lowest BCUT2D eigenvalue weighted by Crippen LogP contribution is -2.54. The van der Waals surface area contributed by atoms with Crippen molar-refractivity contribution in [2.45, 2.75) is 62.9 Å². The minimum atomic E-state index is -3.56. The quantitative estimate of drug-likeness (QED) is 0.761. The van der Waals surface area contributed by atoms with Crippen LogP contribution in [0.1, 0.15) is 50.0 Å². The van der Waals surface area contributed by atoms with Crippen molar-refractivity contribution in [2.24, 2.45) is 5.41 Å². The summed E-state index contributed by atoms with van der Waals surface area (Å²) in [6.45, 7) is 9.34. The van der Waals surface area contributed by atoms with E-state index >= 15 is 0 Å². The lowest BCUT2D eigenvalue weighted by molar-refractivity contribution is -0.0699. The molecule has 9 heteroatoms. The van der Waals surface area contributed by atoms with E-state index in [0.29, 0.717) is 24.5 Å². The van der Waals surface area contributed by atoms with Crippen LogP contribution in [0.2, 0.25) is 0 Å². The molecule has 3 aliphatic rings. The van der Waals surface area contributed by atoms with E-state index in [-0.39, 0.29) is 10.3 Å². The monoisotopic (exact) mass is 440 g/mol. The fraction of sp³-hybridized carbons (Fsp3) is 0.857. The first-order chi connectivity index (χ1) is 14.1. The van der Waals surface area contributed by atoms with Crippen molar-refractivity contribution in [2.75, 3.05) is 52.9 Å². The predicted octanol–water partition coefficient (Wildman–Crippen LogP) is 1.61. The van der Waals surface area contributed by atoms with Gasteiger partial charge in [0.2, 0.25) is 10.0 Å². The molecule has 0 radical (unpaired) electrons. The summed E-state index contributed by atoms with van der Waals surface area (Å²) in [4.78, 5) is 4.96. The first kappa shape index (κ1) is 22.2. The first-order valence-corrected chi connectivity index (χ1v) is 12.6. The molecule has 8 nitrogen and oxygen atoms in total. The maximum Gasteiger partial charge on any atom is 0.248 e. The van der Waals surface area contributed by atoms with Crippen LogP contribution < -0.4 is 0 Å². The van der Waals surface area contributed by atoms with Gasteiger partial charge in [-0.1, -0.05) is 5.16 Å². The Bertz CT molecular complexity index is 823. The summed E-state index contributed by atoms with van der Waals surface area (Å²) in [5.74, 6) is 0.361. The lowest BCUT2D eigenvalue weighted by atomic mass is 9.64. The zero-order valence-corrected chi connectivity index (χ0v) is 19.4. The van der Waals surface area contributed by atoms with Crippen LogP contribution in [0.4, 0.5) is 0 Å². The molecule has 1 spiro atoms. The Morgan fingerprint density at radius 3 is 2.10 bits per heavy atom. The van der Waals surface area contributed by atoms with Crippen LogP contribution >= 0.6 is 0 Å². The van der Waals surface area contributed by atoms with Gasteiger partial charge in [0.1, 0.15) is 10.6 Å². The first-order valence-electron chi connectivity index (χ1n) is 11.2. The second-order valence-electron chi connectivity index (χ2n) is 9.86. The number of nitrogens with zero attached hydrogens (tertiary/aromatic N) is 4. The SMILES string of the molecule is Cc1noc(C)c1S(=O)(=O)N1CCC2(CC1)CCC(O)(CN1CCN(C)CC1)CC2. The molecule has 0 atom stereocenters. The molecule has 1 N–H and O–H groups in total. The average molecular weight is 441 g/mol. The molecule has 2 aliphatic heterocycles. The Balaban J connectivity index is 1.33. The number of rotatable bonds is 4. The summed E-state index contributed by atoms with van der Waals surface area (Å²) in [6.07, 6.45) is 5.32. The third-order valence-corrected chi connectivity index (χ3v) is 9.85. The second kappa shape index (κ2) is 8.16. The Labute approximate surface area is 180 Å². The number of piperidine rings is 1. The number of aliphatic hydroxyl groups is 1. The number of likely N-dealkylation sites (N-methyl/N-ethyl adjacent to an activating group) is 1. The Kier molecular flexibility index (Phi) is 6.04. The molecule has 1 aromatic rings. The van der Waals surface area contributed by atoms with E-state index in [1.54, 1.807) is 18.2 Å². The van der Waals surface area contributed by atoms with Gasteiger partial charge < -0.3 is 14.5 Å². The van der Waals surface area contributed by atoms with Gasteiger partial charge in [-0.25, -0.2) is 8.42 Å². The molecular formula is C21H36N4O4S. The number of aromatic nitrogens is 1. The molecule has 4 rings (SSSR count). The van der Waals surface area contributed by atoms with E-state index < -0.39 is 15.6 Å². The molecule has 30 heavy (non-hydrogen) atoms. The minimum absolute atomic E-state index is 0.166. The second-order valence-corrected chi connectivity index (χ2v) is 11.7. The summed E-state index contributed by atoms with van der Waals surface area (Å²) < 4.78 is 32.8. The van der Waals surface area contributed by atoms with E-state index in [0.717, 1.165) is 71.2 Å². The van der Waals surface area contributed by atoms with E-state index in [1.807, 2.05) is 0 Å². The van der Waals surface area contributed by atoms with Crippen LogP contribution in [-0.2, 0) is 10.0 Å². The number of hydrogen-bond donors (Lipinski definition) is 1. The fourth-order valence-electron chi connectivity index (χ4n) is 5.50. The number of aryl methyl sites for hydroxylation is 2. The van der Waals surface area contributed by atoms with E-state index in [4.69, 9.17) is 4.52 Å². The molecule has 0 aromatic carbocycles. The summed E-state index contributed by atoms with van der Waals surface area (Å²) in [5.41, 5.74) is -0.000375. The molecule has 0 unspecified atom stereocenters. The number of piperazine rings is 1. The third-order valence-electron chi connectivity index (χ3n) is 7.70. The lowest BCUT2D eigenvalue weighted by Gasteiger charge is -2.49. The Morgan fingerprint density at radius 1 is 0.967 bits per heavy atom. The fourth-order valence-corrected chi connectivity index (χ4v) is 7.23. The molecule has 1 saturated carbocycles. The molecule has 0 amide bonds. The largest absolute Gasteiger partial charge is 0.389 e. The van der Waals surface area contributed by atoms with Gasteiger partial charge in [-0.3, -0.25) is 4.90 Å². The van der Waals surface area contributed by atoms with Crippen molar-refractivity contribution >= 4 is 10.0 Å². The van der Waals surface area contributed by atoms with Gasteiger partial charge in [-0.15, -0.1) is 0 Å². The predicted molar refractivity (Wildman–Crippen MR) is 114 cm³/mol. The topological polar surface area (TPSA) is 90.1 Å². The summed E-state index contributed by atoms with van der Waals surface area (Å²) >= 11 is 0. The van der Waals surface area contributed by atoms with E-state index in [1.165, 1.54) is 0 Å². The molecular weight excluding hydrogens is 404 g/mol. The van der Waals surface area contributed by atoms with Gasteiger partial charge in [-0.2, -0.15) is 4.31 Å². The molecule has 170 valence electrons. The number of β-amino-alcohol motifs (C(OH)–C–C–N with tert-alkyl or cyclic N) is 1. The Morgan fingerprint density at radius 2 is 1.57 bits per heavy atom. The Hall–Kier alpha value is -1.00. The van der Waals surface area contributed by atoms with Gasteiger partial charge in [0.15, 0.2) is 5.76 Å². The van der Waals surface area contributed by atoms with Crippen LogP contribution in [0.15, 0.2) is 9.42 Å². The third kappa shape index (κ3) is 4.32. The summed E-state index contributed by atoms with van der Waals surface area (Å²) in [5, 5.41) is 15.0. The van der Waals surface area contributed by atoms with Crippen LogP contribution in [0, 0.1) is 19.3 Å². The van der Waals surface area contributed by atoms with Crippen LogP contribution in [0.5, 0.6) is 0 Å². The van der Waals surface area contributed by atoms with Crippen molar-refractivity contribution < 1.29 is 18.0 Å². The summed E-state index contributed by atoms with van der Waals surface area (Å²) in [6, 6.07) is 0. The molecule has 3 heterocycles. The number of hydrogen-bond acceptors (Lipinski definition) is 7. The van der Waals surface area contributed by atoms with Gasteiger partial charge in [-0.05, 0) is 64.8 Å². The van der Waals surface area contributed by atoms with E-state index in [2.05, 4.69) is 22.0 Å². The maximum atomic E-state index is 13.1. The van der Waals surface area contributed by atoms with Crippen LogP contribution in [-0.4, -0.2) is 91.2 Å². The van der Waals surface area contributed by atoms with Crippen molar-refractivity contribution in [3.63, 3.8) is 0 Å². The van der Waals surface area contributed by atoms with E-state index in [9.17, 15) is 13.5 Å². The minimum Gasteiger partial charge on any atom is -0.389 e. The van der Waals surface area contributed by atoms with Crippen molar-refractivity contribution in [3.05, 3.63) is 11.5 Å². The van der Waals surface area contributed by atoms with Gasteiger partial charge in [0.05, 0.1) is 5.60 Å². The highest BCUT2D eigenvalue weighted by atomic mass is 32.2. The number of sulfonamides is 1. The smallest absolute Gasteiger partial charge is 0.248 e. The molecule has 1 aliphatic carbocycles. The molecule has 3 fully saturated rings. The highest BCUT2D eigenvalue weighted by Crippen LogP contribution is 2.48. The standard InChI is InChI=1S/C21H36N4O4S/c1-17-19(18(2)29-22-17)30(27,28)25-10-8-20(9-11-25)4-6-21(26,7-5-20)16-24-14-12-23(3)13-15-24/h26H,4-16H2,1-3H3. The highest BCUT2D eigenvalue weighted by Gasteiger charge is 2.46. The normalized spacial score (nSPS) is 26.3. The molecule has 0 bridgehead atoms. The maximum absolute atomic E-state index is 13.1. The van der Waals surface area contributed by atoms with Gasteiger partial charge in [0, 0.05) is 45.8 Å². The molecule has 2 saturated heterocycles. The van der Waals surface area contributed by atoms with Crippen LogP contribution in [0.25, 0.3) is 0 Å². The zero-order valence-electron chi connectivity index (χ0n) is 18.6. The summed E-state index contributed by atoms with van der Waals surface area (Å²) in [7, 11) is -1.42. The zero-order chi connectivity index (χ0) is 21.6. The van der Waals surface area contributed by atoms with Crippen molar-refractivity contribution in [1.29, 1.82) is 0 Å². The van der Waals surface area contributed by atoms with Crippen molar-refractivity contribution in [1.82, 2.24) is 19.3 Å². The average Bonchev–Trinajstić information content (AvgIpc) is 3.06. The molecule has 1 aromatic heterocycles. The highest BCUT2D eigenvalue weighted by molar-refractivity contribution is 7.89.